The number of aromatic hydroxyl groups is 1. The number of hydrogen-bond acceptors (Lipinski definition) is 3. The highest BCUT2D eigenvalue weighted by Gasteiger charge is 2.54. The lowest BCUT2D eigenvalue weighted by Gasteiger charge is -2.44. The summed E-state index contributed by atoms with van der Waals surface area (Å²) >= 11 is 0. The Morgan fingerprint density at radius 2 is 2.15 bits per heavy atom. The molecule has 5 heteroatoms. The Balaban J connectivity index is 1.91. The second kappa shape index (κ2) is 4.51. The number of amides is 2. The minimum Gasteiger partial charge on any atom is -0.508 e. The third-order valence-corrected chi connectivity index (χ3v) is 4.35. The highest BCUT2D eigenvalue weighted by Crippen LogP contribution is 2.44. The van der Waals surface area contributed by atoms with E-state index in [-0.39, 0.29) is 30.0 Å². The summed E-state index contributed by atoms with van der Waals surface area (Å²) in [5.41, 5.74) is 0.0702. The Hall–Kier alpha value is -2.04. The molecule has 1 aromatic carbocycles. The highest BCUT2D eigenvalue weighted by molar-refractivity contribution is 5.98. The molecule has 3 rings (SSSR count). The minimum absolute atomic E-state index is 0.0555. The molecule has 0 aromatic heterocycles. The van der Waals surface area contributed by atoms with Gasteiger partial charge in [0.2, 0.25) is 11.8 Å². The van der Waals surface area contributed by atoms with Crippen LogP contribution in [0.1, 0.15) is 25.3 Å². The molecular formula is C15H18N2O3. The molecule has 1 unspecified atom stereocenters. The van der Waals surface area contributed by atoms with Gasteiger partial charge in [0.05, 0.1) is 6.54 Å². The van der Waals surface area contributed by atoms with Crippen LogP contribution in [-0.2, 0) is 16.1 Å². The van der Waals surface area contributed by atoms with Crippen molar-refractivity contribution in [3.8, 4) is 5.75 Å². The summed E-state index contributed by atoms with van der Waals surface area (Å²) < 4.78 is 0. The van der Waals surface area contributed by atoms with Crippen molar-refractivity contribution >= 4 is 11.8 Å². The van der Waals surface area contributed by atoms with Crippen LogP contribution >= 0.6 is 0 Å². The molecule has 0 bridgehead atoms. The zero-order valence-corrected chi connectivity index (χ0v) is 11.4. The number of hydrogen-bond donors (Lipinski definition) is 2. The van der Waals surface area contributed by atoms with Gasteiger partial charge in [0.1, 0.15) is 11.3 Å². The first kappa shape index (κ1) is 13.0. The van der Waals surface area contributed by atoms with Crippen LogP contribution in [0, 0.1) is 5.92 Å². The van der Waals surface area contributed by atoms with Crippen LogP contribution in [0.15, 0.2) is 24.3 Å². The SMILES string of the molecule is CC1(C2CC2)C(=O)NCC(=O)N1Cc1cccc(O)c1. The molecule has 0 radical (unpaired) electrons. The third-order valence-electron chi connectivity index (χ3n) is 4.35. The maximum atomic E-state index is 12.3. The van der Waals surface area contributed by atoms with E-state index >= 15 is 0 Å². The number of piperazine rings is 1. The number of phenols is 1. The van der Waals surface area contributed by atoms with Crippen molar-refractivity contribution < 1.29 is 14.7 Å². The van der Waals surface area contributed by atoms with Crippen molar-refractivity contribution in [1.29, 1.82) is 0 Å². The second-order valence-electron chi connectivity index (χ2n) is 5.75. The monoisotopic (exact) mass is 274 g/mol. The average molecular weight is 274 g/mol. The number of rotatable bonds is 3. The van der Waals surface area contributed by atoms with Crippen molar-refractivity contribution in [2.24, 2.45) is 5.92 Å². The zero-order chi connectivity index (χ0) is 14.3. The van der Waals surface area contributed by atoms with Gasteiger partial charge in [0.15, 0.2) is 0 Å². The molecule has 2 aliphatic rings. The number of carbonyl (C=O) groups excluding carboxylic acids is 2. The summed E-state index contributed by atoms with van der Waals surface area (Å²) in [6.45, 7) is 2.26. The second-order valence-corrected chi connectivity index (χ2v) is 5.75. The Bertz CT molecular complexity index is 568. The van der Waals surface area contributed by atoms with Crippen LogP contribution in [0.4, 0.5) is 0 Å². The Labute approximate surface area is 117 Å². The Morgan fingerprint density at radius 1 is 1.40 bits per heavy atom. The Morgan fingerprint density at radius 3 is 2.80 bits per heavy atom. The lowest BCUT2D eigenvalue weighted by Crippen LogP contribution is -2.66. The molecule has 0 spiro atoms. The molecule has 1 aliphatic heterocycles. The van der Waals surface area contributed by atoms with Gasteiger partial charge < -0.3 is 15.3 Å². The van der Waals surface area contributed by atoms with Gasteiger partial charge in [-0.1, -0.05) is 12.1 Å². The zero-order valence-electron chi connectivity index (χ0n) is 11.4. The first-order chi connectivity index (χ1) is 9.51. The van der Waals surface area contributed by atoms with Crippen molar-refractivity contribution in [3.05, 3.63) is 29.8 Å². The fraction of sp³-hybridized carbons (Fsp3) is 0.467. The van der Waals surface area contributed by atoms with Crippen LogP contribution in [0.3, 0.4) is 0 Å². The van der Waals surface area contributed by atoms with E-state index in [1.165, 1.54) is 0 Å². The first-order valence-corrected chi connectivity index (χ1v) is 6.88. The summed E-state index contributed by atoms with van der Waals surface area (Å²) in [4.78, 5) is 26.1. The highest BCUT2D eigenvalue weighted by atomic mass is 16.3. The fourth-order valence-electron chi connectivity index (χ4n) is 2.95. The van der Waals surface area contributed by atoms with E-state index in [4.69, 9.17) is 0 Å². The average Bonchev–Trinajstić information content (AvgIpc) is 3.24. The molecule has 5 nitrogen and oxygen atoms in total. The lowest BCUT2D eigenvalue weighted by molar-refractivity contribution is -0.155. The number of phenolic OH excluding ortho intramolecular Hbond substituents is 1. The summed E-state index contributed by atoms with van der Waals surface area (Å²) in [7, 11) is 0. The van der Waals surface area contributed by atoms with Crippen LogP contribution in [0.25, 0.3) is 0 Å². The van der Waals surface area contributed by atoms with Gasteiger partial charge >= 0.3 is 0 Å². The third kappa shape index (κ3) is 2.03. The molecule has 1 aliphatic carbocycles. The summed E-state index contributed by atoms with van der Waals surface area (Å²) in [6.07, 6.45) is 1.96. The minimum atomic E-state index is -0.763. The van der Waals surface area contributed by atoms with Crippen molar-refractivity contribution in [3.63, 3.8) is 0 Å². The molecule has 1 heterocycles. The molecular weight excluding hydrogens is 256 g/mol. The van der Waals surface area contributed by atoms with E-state index in [0.717, 1.165) is 18.4 Å². The van der Waals surface area contributed by atoms with E-state index in [2.05, 4.69) is 5.32 Å². The number of carbonyl (C=O) groups is 2. The van der Waals surface area contributed by atoms with E-state index < -0.39 is 5.54 Å². The molecule has 1 saturated heterocycles. The van der Waals surface area contributed by atoms with Gasteiger partial charge in [0, 0.05) is 6.54 Å². The van der Waals surface area contributed by atoms with Crippen LogP contribution in [0.2, 0.25) is 0 Å². The van der Waals surface area contributed by atoms with Crippen molar-refractivity contribution in [2.75, 3.05) is 6.54 Å². The molecule has 2 N–H and O–H groups in total. The molecule has 1 atom stereocenters. The fourth-order valence-corrected chi connectivity index (χ4v) is 2.95. The number of benzene rings is 1. The van der Waals surface area contributed by atoms with E-state index in [1.807, 2.05) is 13.0 Å². The molecule has 106 valence electrons. The van der Waals surface area contributed by atoms with E-state index in [0.29, 0.717) is 6.54 Å². The number of nitrogens with one attached hydrogen (secondary N) is 1. The van der Waals surface area contributed by atoms with Crippen LogP contribution in [-0.4, -0.2) is 33.9 Å². The molecule has 2 amide bonds. The smallest absolute Gasteiger partial charge is 0.246 e. The van der Waals surface area contributed by atoms with Gasteiger partial charge in [-0.15, -0.1) is 0 Å². The van der Waals surface area contributed by atoms with Crippen molar-refractivity contribution in [1.82, 2.24) is 10.2 Å². The summed E-state index contributed by atoms with van der Waals surface area (Å²) in [6, 6.07) is 6.82. The summed E-state index contributed by atoms with van der Waals surface area (Å²) in [5, 5.41) is 12.2. The standard InChI is InChI=1S/C15H18N2O3/c1-15(11-5-6-11)14(20)16-8-13(19)17(15)9-10-3-2-4-12(18)7-10/h2-4,7,11,18H,5-6,8-9H2,1H3,(H,16,20). The van der Waals surface area contributed by atoms with Crippen LogP contribution in [0.5, 0.6) is 5.75 Å². The van der Waals surface area contributed by atoms with Gasteiger partial charge in [0.25, 0.3) is 0 Å². The maximum Gasteiger partial charge on any atom is 0.246 e. The lowest BCUT2D eigenvalue weighted by atomic mass is 9.89. The molecule has 2 fully saturated rings. The first-order valence-electron chi connectivity index (χ1n) is 6.88. The van der Waals surface area contributed by atoms with Gasteiger partial charge in [-0.05, 0) is 43.4 Å². The summed E-state index contributed by atoms with van der Waals surface area (Å²) in [5.74, 6) is 0.274. The van der Waals surface area contributed by atoms with E-state index in [1.54, 1.807) is 23.1 Å². The molecule has 20 heavy (non-hydrogen) atoms. The van der Waals surface area contributed by atoms with Crippen LogP contribution < -0.4 is 5.32 Å². The van der Waals surface area contributed by atoms with Gasteiger partial charge in [-0.2, -0.15) is 0 Å². The van der Waals surface area contributed by atoms with Gasteiger partial charge in [-0.3, -0.25) is 9.59 Å². The Kier molecular flexibility index (Phi) is 2.92. The molecule has 1 aromatic rings. The topological polar surface area (TPSA) is 69.6 Å². The maximum absolute atomic E-state index is 12.3. The quantitative estimate of drug-likeness (QED) is 0.864. The number of nitrogens with zero attached hydrogens (tertiary/aromatic N) is 1. The van der Waals surface area contributed by atoms with E-state index in [9.17, 15) is 14.7 Å². The van der Waals surface area contributed by atoms with Gasteiger partial charge in [-0.25, -0.2) is 0 Å². The predicted octanol–water partition coefficient (Wildman–Crippen LogP) is 1.02. The normalized spacial score (nSPS) is 26.6. The largest absolute Gasteiger partial charge is 0.508 e. The molecule has 1 saturated carbocycles. The van der Waals surface area contributed by atoms with Crippen molar-refractivity contribution in [2.45, 2.75) is 31.8 Å². The predicted molar refractivity (Wildman–Crippen MR) is 72.8 cm³/mol.